The molecule has 0 aliphatic carbocycles. The number of hydrogen-bond donors (Lipinski definition) is 2. The van der Waals surface area contributed by atoms with Crippen LogP contribution in [0.1, 0.15) is 60.8 Å². The first-order valence-electron chi connectivity index (χ1n) is 6.90. The summed E-state index contributed by atoms with van der Waals surface area (Å²) in [5.74, 6) is 5.24. The Bertz CT molecular complexity index is 436. The maximum atomic E-state index is 11.8. The summed E-state index contributed by atoms with van der Waals surface area (Å²) in [5, 5.41) is 0.962. The van der Waals surface area contributed by atoms with E-state index in [-0.39, 0.29) is 11.8 Å². The molecule has 106 valence electrons. The fourth-order valence-electron chi connectivity index (χ4n) is 2.34. The van der Waals surface area contributed by atoms with E-state index >= 15 is 0 Å². The molecular formula is C13H22N4OS. The molecule has 1 aliphatic heterocycles. The molecule has 1 aliphatic rings. The van der Waals surface area contributed by atoms with Crippen LogP contribution in [0.2, 0.25) is 0 Å². The second-order valence-corrected chi connectivity index (χ2v) is 6.22. The summed E-state index contributed by atoms with van der Waals surface area (Å²) in [5.41, 5.74) is 3.07. The van der Waals surface area contributed by atoms with E-state index in [0.717, 1.165) is 23.9 Å². The van der Waals surface area contributed by atoms with Crippen LogP contribution in [0.4, 0.5) is 5.13 Å². The first-order valence-corrected chi connectivity index (χ1v) is 7.71. The van der Waals surface area contributed by atoms with E-state index in [2.05, 4.69) is 29.2 Å². The zero-order valence-corrected chi connectivity index (χ0v) is 12.4. The number of nitrogen functional groups attached to an aromatic ring is 1. The highest BCUT2D eigenvalue weighted by Crippen LogP contribution is 2.31. The molecule has 2 rings (SSSR count). The van der Waals surface area contributed by atoms with Gasteiger partial charge in [0, 0.05) is 13.1 Å². The quantitative estimate of drug-likeness (QED) is 0.507. The molecule has 19 heavy (non-hydrogen) atoms. The molecular weight excluding hydrogens is 260 g/mol. The molecule has 1 fully saturated rings. The largest absolute Gasteiger partial charge is 0.348 e. The summed E-state index contributed by atoms with van der Waals surface area (Å²) in [7, 11) is 0. The Hall–Kier alpha value is -1.14. The van der Waals surface area contributed by atoms with Crippen LogP contribution in [0.3, 0.4) is 0 Å². The lowest BCUT2D eigenvalue weighted by Gasteiger charge is -2.18. The lowest BCUT2D eigenvalue weighted by molar-refractivity contribution is 0.0956. The third kappa shape index (κ3) is 3.25. The van der Waals surface area contributed by atoms with Gasteiger partial charge in [0.25, 0.3) is 5.91 Å². The molecule has 0 saturated carbocycles. The van der Waals surface area contributed by atoms with Gasteiger partial charge >= 0.3 is 0 Å². The standard InChI is InChI=1S/C13H22N4OS/c1-9(2)10-11(12(18)16-14)19-13(15-10)17-7-5-3-4-6-8-17/h9H,3-8,14H2,1-2H3,(H,16,18). The monoisotopic (exact) mass is 282 g/mol. The fraction of sp³-hybridized carbons (Fsp3) is 0.692. The zero-order valence-electron chi connectivity index (χ0n) is 11.6. The Morgan fingerprint density at radius 3 is 2.47 bits per heavy atom. The predicted octanol–water partition coefficient (Wildman–Crippen LogP) is 2.25. The lowest BCUT2D eigenvalue weighted by Crippen LogP contribution is -2.30. The van der Waals surface area contributed by atoms with Crippen LogP contribution >= 0.6 is 11.3 Å². The van der Waals surface area contributed by atoms with Gasteiger partial charge in [-0.15, -0.1) is 0 Å². The summed E-state index contributed by atoms with van der Waals surface area (Å²) in [6, 6.07) is 0. The number of anilines is 1. The van der Waals surface area contributed by atoms with Gasteiger partial charge in [-0.25, -0.2) is 10.8 Å². The van der Waals surface area contributed by atoms with Crippen molar-refractivity contribution in [2.75, 3.05) is 18.0 Å². The maximum absolute atomic E-state index is 11.8. The Labute approximate surface area is 118 Å². The number of thiazole rings is 1. The van der Waals surface area contributed by atoms with Crippen LogP contribution in [-0.4, -0.2) is 24.0 Å². The molecule has 3 N–H and O–H groups in total. The molecule has 0 atom stereocenters. The predicted molar refractivity (Wildman–Crippen MR) is 78.5 cm³/mol. The van der Waals surface area contributed by atoms with Crippen molar-refractivity contribution in [3.63, 3.8) is 0 Å². The molecule has 0 radical (unpaired) electrons. The smallest absolute Gasteiger partial charge is 0.277 e. The van der Waals surface area contributed by atoms with Crippen molar-refractivity contribution >= 4 is 22.4 Å². The van der Waals surface area contributed by atoms with Crippen molar-refractivity contribution in [1.29, 1.82) is 0 Å². The minimum absolute atomic E-state index is 0.226. The van der Waals surface area contributed by atoms with Gasteiger partial charge in [-0.3, -0.25) is 10.2 Å². The van der Waals surface area contributed by atoms with Crippen LogP contribution < -0.4 is 16.2 Å². The minimum Gasteiger partial charge on any atom is -0.348 e. The molecule has 1 saturated heterocycles. The molecule has 1 amide bonds. The van der Waals surface area contributed by atoms with Gasteiger partial charge < -0.3 is 4.90 Å². The minimum atomic E-state index is -0.234. The first-order chi connectivity index (χ1) is 9.13. The Morgan fingerprint density at radius 1 is 1.32 bits per heavy atom. The SMILES string of the molecule is CC(C)c1nc(N2CCCCCC2)sc1C(=O)NN. The normalized spacial score (nSPS) is 16.5. The third-order valence-electron chi connectivity index (χ3n) is 3.40. The average molecular weight is 282 g/mol. The van der Waals surface area contributed by atoms with Crippen LogP contribution in [0.5, 0.6) is 0 Å². The summed E-state index contributed by atoms with van der Waals surface area (Å²) in [6.45, 7) is 6.17. The van der Waals surface area contributed by atoms with Crippen molar-refractivity contribution in [1.82, 2.24) is 10.4 Å². The third-order valence-corrected chi connectivity index (χ3v) is 4.53. The van der Waals surface area contributed by atoms with Gasteiger partial charge in [-0.1, -0.05) is 38.0 Å². The number of aromatic nitrogens is 1. The number of rotatable bonds is 3. The van der Waals surface area contributed by atoms with Gasteiger partial charge in [0.2, 0.25) is 0 Å². The Balaban J connectivity index is 2.28. The molecule has 1 aromatic heterocycles. The summed E-state index contributed by atoms with van der Waals surface area (Å²) >= 11 is 1.46. The van der Waals surface area contributed by atoms with Crippen molar-refractivity contribution in [3.8, 4) is 0 Å². The summed E-state index contributed by atoms with van der Waals surface area (Å²) in [6.07, 6.45) is 4.98. The molecule has 1 aromatic rings. The van der Waals surface area contributed by atoms with Crippen LogP contribution in [0, 0.1) is 0 Å². The number of hydrogen-bond acceptors (Lipinski definition) is 5. The van der Waals surface area contributed by atoms with Gasteiger partial charge in [0.05, 0.1) is 5.69 Å². The van der Waals surface area contributed by atoms with Crippen LogP contribution in [0.25, 0.3) is 0 Å². The number of nitrogens with zero attached hydrogens (tertiary/aromatic N) is 2. The number of amides is 1. The highest BCUT2D eigenvalue weighted by atomic mass is 32.1. The number of nitrogens with two attached hydrogens (primary N) is 1. The molecule has 0 unspecified atom stereocenters. The topological polar surface area (TPSA) is 71.2 Å². The van der Waals surface area contributed by atoms with Gasteiger partial charge in [-0.2, -0.15) is 0 Å². The number of nitrogens with one attached hydrogen (secondary N) is 1. The van der Waals surface area contributed by atoms with Crippen molar-refractivity contribution in [2.45, 2.75) is 45.4 Å². The van der Waals surface area contributed by atoms with Crippen LogP contribution in [0.15, 0.2) is 0 Å². The summed E-state index contributed by atoms with van der Waals surface area (Å²) < 4.78 is 0. The number of carbonyl (C=O) groups excluding carboxylic acids is 1. The summed E-state index contributed by atoms with van der Waals surface area (Å²) in [4.78, 5) is 19.4. The van der Waals surface area contributed by atoms with E-state index < -0.39 is 0 Å². The van der Waals surface area contributed by atoms with E-state index in [9.17, 15) is 4.79 Å². The Kier molecular flexibility index (Phi) is 4.76. The zero-order chi connectivity index (χ0) is 13.8. The Morgan fingerprint density at radius 2 is 1.95 bits per heavy atom. The first kappa shape index (κ1) is 14.3. The van der Waals surface area contributed by atoms with Crippen LogP contribution in [-0.2, 0) is 0 Å². The van der Waals surface area contributed by atoms with Gasteiger partial charge in [0.1, 0.15) is 4.88 Å². The van der Waals surface area contributed by atoms with E-state index in [1.165, 1.54) is 37.0 Å². The van der Waals surface area contributed by atoms with E-state index in [4.69, 9.17) is 5.84 Å². The lowest BCUT2D eigenvalue weighted by atomic mass is 10.1. The van der Waals surface area contributed by atoms with Crippen molar-refractivity contribution in [3.05, 3.63) is 10.6 Å². The second-order valence-electron chi connectivity index (χ2n) is 5.24. The van der Waals surface area contributed by atoms with E-state index in [0.29, 0.717) is 4.88 Å². The number of hydrazine groups is 1. The molecule has 6 heteroatoms. The average Bonchev–Trinajstić information content (AvgIpc) is 2.67. The number of carbonyl (C=O) groups is 1. The molecule has 0 aromatic carbocycles. The highest BCUT2D eigenvalue weighted by Gasteiger charge is 2.22. The fourth-order valence-corrected chi connectivity index (χ4v) is 3.51. The molecule has 5 nitrogen and oxygen atoms in total. The second kappa shape index (κ2) is 6.34. The molecule has 2 heterocycles. The molecule has 0 bridgehead atoms. The van der Waals surface area contributed by atoms with Crippen molar-refractivity contribution in [2.24, 2.45) is 5.84 Å². The highest BCUT2D eigenvalue weighted by molar-refractivity contribution is 7.17. The maximum Gasteiger partial charge on any atom is 0.277 e. The van der Waals surface area contributed by atoms with Gasteiger partial charge in [-0.05, 0) is 18.8 Å². The van der Waals surface area contributed by atoms with E-state index in [1.54, 1.807) is 0 Å². The van der Waals surface area contributed by atoms with Crippen molar-refractivity contribution < 1.29 is 4.79 Å². The van der Waals surface area contributed by atoms with E-state index in [1.807, 2.05) is 0 Å². The molecule has 0 spiro atoms. The van der Waals surface area contributed by atoms with Gasteiger partial charge in [0.15, 0.2) is 5.13 Å².